The number of nitrogens with zero attached hydrogens (tertiary/aromatic N) is 1. The Kier molecular flexibility index (Phi) is 4.36. The van der Waals surface area contributed by atoms with Crippen molar-refractivity contribution in [2.75, 3.05) is 6.54 Å². The van der Waals surface area contributed by atoms with Gasteiger partial charge >= 0.3 is 0 Å². The second-order valence-corrected chi connectivity index (χ2v) is 7.30. The van der Waals surface area contributed by atoms with Gasteiger partial charge in [-0.15, -0.1) is 22.7 Å². The fourth-order valence-corrected chi connectivity index (χ4v) is 4.13. The van der Waals surface area contributed by atoms with Gasteiger partial charge in [0.2, 0.25) is 0 Å². The molecule has 0 amide bonds. The highest BCUT2D eigenvalue weighted by atomic mass is 35.5. The van der Waals surface area contributed by atoms with Crippen LogP contribution in [0.5, 0.6) is 0 Å². The summed E-state index contributed by atoms with van der Waals surface area (Å²) in [5, 5.41) is 5.67. The van der Waals surface area contributed by atoms with Crippen molar-refractivity contribution in [3.05, 3.63) is 50.6 Å². The molecule has 0 aliphatic carbocycles. The highest BCUT2D eigenvalue weighted by molar-refractivity contribution is 7.17. The molecule has 5 heteroatoms. The van der Waals surface area contributed by atoms with Crippen LogP contribution in [0.15, 0.2) is 35.8 Å². The summed E-state index contributed by atoms with van der Waals surface area (Å²) in [6.45, 7) is 3.15. The summed E-state index contributed by atoms with van der Waals surface area (Å²) in [6, 6.07) is 8.51. The van der Waals surface area contributed by atoms with Crippen LogP contribution in [0.1, 0.15) is 29.8 Å². The minimum absolute atomic E-state index is 0.173. The van der Waals surface area contributed by atoms with Gasteiger partial charge in [-0.2, -0.15) is 0 Å². The number of nitrogens with one attached hydrogen (secondary N) is 1. The topological polar surface area (TPSA) is 24.9 Å². The number of rotatable bonds is 5. The Bertz CT molecular complexity index is 705. The molecule has 0 bridgehead atoms. The lowest BCUT2D eigenvalue weighted by Gasteiger charge is -2.17. The quantitative estimate of drug-likeness (QED) is 0.707. The molecule has 1 N–H and O–H groups in total. The van der Waals surface area contributed by atoms with E-state index in [1.165, 1.54) is 15.1 Å². The largest absolute Gasteiger partial charge is 0.306 e. The van der Waals surface area contributed by atoms with Crippen molar-refractivity contribution in [2.24, 2.45) is 0 Å². The van der Waals surface area contributed by atoms with E-state index in [2.05, 4.69) is 40.8 Å². The van der Waals surface area contributed by atoms with Gasteiger partial charge in [0.15, 0.2) is 0 Å². The predicted molar refractivity (Wildman–Crippen MR) is 89.1 cm³/mol. The molecule has 0 spiro atoms. The average molecular weight is 323 g/mol. The highest BCUT2D eigenvalue weighted by Crippen LogP contribution is 2.32. The molecule has 3 aromatic rings. The summed E-state index contributed by atoms with van der Waals surface area (Å²) in [4.78, 5) is 5.78. The molecule has 0 radical (unpaired) electrons. The zero-order valence-electron chi connectivity index (χ0n) is 11.1. The first-order chi connectivity index (χ1) is 9.78. The van der Waals surface area contributed by atoms with Crippen LogP contribution in [-0.4, -0.2) is 11.5 Å². The maximum absolute atomic E-state index is 6.08. The lowest BCUT2D eigenvalue weighted by molar-refractivity contribution is 0.605. The number of aromatic nitrogens is 1. The van der Waals surface area contributed by atoms with Crippen LogP contribution in [0.25, 0.3) is 10.2 Å². The lowest BCUT2D eigenvalue weighted by atomic mass is 10.1. The Morgan fingerprint density at radius 2 is 2.25 bits per heavy atom. The van der Waals surface area contributed by atoms with Gasteiger partial charge in [-0.05, 0) is 48.2 Å². The summed E-state index contributed by atoms with van der Waals surface area (Å²) in [6.07, 6.45) is 3.07. The van der Waals surface area contributed by atoms with Crippen molar-refractivity contribution >= 4 is 44.5 Å². The van der Waals surface area contributed by atoms with E-state index in [9.17, 15) is 0 Å². The van der Waals surface area contributed by atoms with Crippen molar-refractivity contribution < 1.29 is 0 Å². The zero-order valence-corrected chi connectivity index (χ0v) is 13.5. The van der Waals surface area contributed by atoms with E-state index in [1.54, 1.807) is 22.7 Å². The summed E-state index contributed by atoms with van der Waals surface area (Å²) in [5.74, 6) is 0. The fraction of sp³-hybridized carbons (Fsp3) is 0.267. The minimum atomic E-state index is 0.173. The molecule has 0 aliphatic rings. The maximum atomic E-state index is 6.08. The molecule has 3 aromatic heterocycles. The van der Waals surface area contributed by atoms with E-state index in [0.29, 0.717) is 0 Å². The van der Waals surface area contributed by atoms with Crippen LogP contribution in [0, 0.1) is 0 Å². The summed E-state index contributed by atoms with van der Waals surface area (Å²) < 4.78 is 2.06. The molecule has 0 aliphatic heterocycles. The molecular formula is C15H15ClN2S2. The van der Waals surface area contributed by atoms with E-state index < -0.39 is 0 Å². The van der Waals surface area contributed by atoms with Gasteiger partial charge in [-0.1, -0.05) is 18.5 Å². The van der Waals surface area contributed by atoms with Crippen molar-refractivity contribution in [2.45, 2.75) is 19.4 Å². The maximum Gasteiger partial charge on any atom is 0.0931 e. The van der Waals surface area contributed by atoms with E-state index in [4.69, 9.17) is 11.6 Å². The number of fused-ring (bicyclic) bond motifs is 1. The number of hydrogen-bond acceptors (Lipinski definition) is 4. The Balaban J connectivity index is 1.98. The van der Waals surface area contributed by atoms with Crippen LogP contribution < -0.4 is 5.32 Å². The van der Waals surface area contributed by atoms with Gasteiger partial charge in [0.05, 0.1) is 20.6 Å². The van der Waals surface area contributed by atoms with E-state index in [-0.39, 0.29) is 6.04 Å². The zero-order chi connectivity index (χ0) is 13.9. The molecule has 0 saturated heterocycles. The monoisotopic (exact) mass is 322 g/mol. The smallest absolute Gasteiger partial charge is 0.0931 e. The van der Waals surface area contributed by atoms with Crippen molar-refractivity contribution in [1.82, 2.24) is 10.3 Å². The Hall–Kier alpha value is -0.940. The molecule has 0 saturated carbocycles. The van der Waals surface area contributed by atoms with Crippen LogP contribution in [0.3, 0.4) is 0 Å². The third-order valence-corrected chi connectivity index (χ3v) is 5.28. The molecule has 1 unspecified atom stereocenters. The number of halogens is 1. The third kappa shape index (κ3) is 2.88. The van der Waals surface area contributed by atoms with Gasteiger partial charge in [-0.25, -0.2) is 0 Å². The standard InChI is InChI=1S/C15H15ClN2S2/c1-2-6-17-15(12-3-4-14(16)20-12)10-8-13-11(18-9-10)5-7-19-13/h3-5,7-9,15,17H,2,6H2,1H3. The molecule has 0 aromatic carbocycles. The molecule has 1 atom stereocenters. The van der Waals surface area contributed by atoms with Crippen molar-refractivity contribution in [3.8, 4) is 0 Å². The van der Waals surface area contributed by atoms with E-state index >= 15 is 0 Å². The second-order valence-electron chi connectivity index (χ2n) is 4.60. The molecule has 3 rings (SSSR count). The van der Waals surface area contributed by atoms with E-state index in [1.807, 2.05) is 12.3 Å². The predicted octanol–water partition coefficient (Wildman–Crippen LogP) is 5.10. The average Bonchev–Trinajstić information content (AvgIpc) is 3.07. The fourth-order valence-electron chi connectivity index (χ4n) is 2.17. The molecule has 20 heavy (non-hydrogen) atoms. The molecule has 104 valence electrons. The number of hydrogen-bond donors (Lipinski definition) is 1. The van der Waals surface area contributed by atoms with Gasteiger partial charge in [0.1, 0.15) is 0 Å². The second kappa shape index (κ2) is 6.22. The number of pyridine rings is 1. The normalized spacial score (nSPS) is 12.9. The highest BCUT2D eigenvalue weighted by Gasteiger charge is 2.16. The summed E-state index contributed by atoms with van der Waals surface area (Å²) in [7, 11) is 0. The molecular weight excluding hydrogens is 308 g/mol. The van der Waals surface area contributed by atoms with Gasteiger partial charge in [0.25, 0.3) is 0 Å². The van der Waals surface area contributed by atoms with Crippen LogP contribution in [-0.2, 0) is 0 Å². The van der Waals surface area contributed by atoms with Gasteiger partial charge in [-0.3, -0.25) is 4.98 Å². The van der Waals surface area contributed by atoms with Gasteiger partial charge < -0.3 is 5.32 Å². The first-order valence-corrected chi connectivity index (χ1v) is 8.67. The van der Waals surface area contributed by atoms with Crippen molar-refractivity contribution in [1.29, 1.82) is 0 Å². The lowest BCUT2D eigenvalue weighted by Crippen LogP contribution is -2.22. The van der Waals surface area contributed by atoms with Crippen LogP contribution in [0.4, 0.5) is 0 Å². The molecule has 3 heterocycles. The van der Waals surface area contributed by atoms with Crippen molar-refractivity contribution in [3.63, 3.8) is 0 Å². The third-order valence-electron chi connectivity index (χ3n) is 3.13. The first-order valence-electron chi connectivity index (χ1n) is 6.59. The number of thiophene rings is 2. The molecule has 2 nitrogen and oxygen atoms in total. The Labute approximate surface area is 131 Å². The minimum Gasteiger partial charge on any atom is -0.306 e. The molecule has 0 fully saturated rings. The first kappa shape index (κ1) is 14.0. The van der Waals surface area contributed by atoms with Crippen LogP contribution >= 0.6 is 34.3 Å². The summed E-state index contributed by atoms with van der Waals surface area (Å²) in [5.41, 5.74) is 2.27. The SMILES string of the molecule is CCCNC(c1cnc2ccsc2c1)c1ccc(Cl)s1. The Morgan fingerprint density at radius 1 is 1.35 bits per heavy atom. The Morgan fingerprint density at radius 3 is 3.00 bits per heavy atom. The summed E-state index contributed by atoms with van der Waals surface area (Å²) >= 11 is 9.44. The van der Waals surface area contributed by atoms with Gasteiger partial charge in [0, 0.05) is 11.1 Å². The van der Waals surface area contributed by atoms with E-state index in [0.717, 1.165) is 22.8 Å². The van der Waals surface area contributed by atoms with Crippen LogP contribution in [0.2, 0.25) is 4.34 Å².